The summed E-state index contributed by atoms with van der Waals surface area (Å²) in [6, 6.07) is 0.414. The van der Waals surface area contributed by atoms with Crippen molar-refractivity contribution in [3.05, 3.63) is 17.5 Å². The largest absolute Gasteiger partial charge is 0.361 e. The molecule has 1 aromatic rings. The fraction of sp³-hybridized carbons (Fsp3) is 0.632. The van der Waals surface area contributed by atoms with Crippen LogP contribution in [0.1, 0.15) is 48.9 Å². The quantitative estimate of drug-likeness (QED) is 0.390. The number of carbonyl (C=O) groups is 4. The Labute approximate surface area is 183 Å². The van der Waals surface area contributed by atoms with Crippen LogP contribution in [0, 0.1) is 18.3 Å². The van der Waals surface area contributed by atoms with Crippen LogP contribution in [0.5, 0.6) is 0 Å². The van der Waals surface area contributed by atoms with Gasteiger partial charge in [0.25, 0.3) is 23.4 Å². The van der Waals surface area contributed by atoms with Crippen molar-refractivity contribution in [1.82, 2.24) is 26.2 Å². The molecular weight excluding hydrogens is 433 g/mol. The Morgan fingerprint density at radius 2 is 2.16 bits per heavy atom. The van der Waals surface area contributed by atoms with Crippen LogP contribution in [-0.4, -0.2) is 58.6 Å². The lowest BCUT2D eigenvalue weighted by Crippen LogP contribution is -2.57. The Morgan fingerprint density at radius 3 is 2.68 bits per heavy atom. The molecule has 3 rings (SSSR count). The second kappa shape index (κ2) is 9.21. The molecule has 2 unspecified atom stereocenters. The Balaban J connectivity index is 1.73. The number of carbonyl (C=O) groups excluding carboxylic acids is 4. The molecule has 0 bridgehead atoms. The maximum atomic E-state index is 13.5. The maximum Gasteiger partial charge on any atom is 0.291 e. The first-order valence-electron chi connectivity index (χ1n) is 10.00. The molecule has 2 heterocycles. The minimum Gasteiger partial charge on any atom is -0.361 e. The molecule has 1 aliphatic carbocycles. The molecule has 12 heteroatoms. The number of halogens is 2. The van der Waals surface area contributed by atoms with Gasteiger partial charge in [-0.1, -0.05) is 23.7 Å². The van der Waals surface area contributed by atoms with Crippen molar-refractivity contribution in [3.63, 3.8) is 0 Å². The maximum absolute atomic E-state index is 13.5. The fourth-order valence-corrected chi connectivity index (χ4v) is 3.50. The van der Waals surface area contributed by atoms with E-state index in [4.69, 9.17) is 16.1 Å². The lowest BCUT2D eigenvalue weighted by atomic mass is 9.98. The minimum atomic E-state index is -2.39. The third kappa shape index (κ3) is 5.93. The van der Waals surface area contributed by atoms with E-state index in [0.717, 1.165) is 12.8 Å². The van der Waals surface area contributed by atoms with Gasteiger partial charge in [-0.25, -0.2) is 9.40 Å². The predicted molar refractivity (Wildman–Crippen MR) is 106 cm³/mol. The van der Waals surface area contributed by atoms with Crippen molar-refractivity contribution in [1.29, 1.82) is 0 Å². The van der Waals surface area contributed by atoms with Gasteiger partial charge in [-0.05, 0) is 38.0 Å². The average Bonchev–Trinajstić information content (AvgIpc) is 3.07. The third-order valence-corrected chi connectivity index (χ3v) is 5.73. The summed E-state index contributed by atoms with van der Waals surface area (Å²) >= 11 is 5.29. The zero-order chi connectivity index (χ0) is 22.8. The van der Waals surface area contributed by atoms with Crippen molar-refractivity contribution >= 4 is 35.2 Å². The number of aromatic nitrogens is 1. The number of rotatable bonds is 8. The Morgan fingerprint density at radius 1 is 1.45 bits per heavy atom. The number of amides is 4. The van der Waals surface area contributed by atoms with Gasteiger partial charge in [0.1, 0.15) is 11.8 Å². The molecule has 1 saturated heterocycles. The van der Waals surface area contributed by atoms with Gasteiger partial charge < -0.3 is 15.2 Å². The van der Waals surface area contributed by atoms with Crippen LogP contribution in [0.25, 0.3) is 0 Å². The van der Waals surface area contributed by atoms with Gasteiger partial charge in [0.15, 0.2) is 5.69 Å². The number of hydrazine groups is 1. The summed E-state index contributed by atoms with van der Waals surface area (Å²) in [6.45, 7) is 3.79. The van der Waals surface area contributed by atoms with Crippen molar-refractivity contribution in [2.75, 3.05) is 13.1 Å². The number of nitrogens with zero attached hydrogens (tertiary/aromatic N) is 2. The Kier molecular flexibility index (Phi) is 6.83. The van der Waals surface area contributed by atoms with Crippen LogP contribution in [0.2, 0.25) is 0 Å². The van der Waals surface area contributed by atoms with E-state index < -0.39 is 35.3 Å². The smallest absolute Gasteiger partial charge is 0.291 e. The van der Waals surface area contributed by atoms with Crippen LogP contribution in [0.3, 0.4) is 0 Å². The highest BCUT2D eigenvalue weighted by Crippen LogP contribution is 2.48. The third-order valence-electron chi connectivity index (χ3n) is 5.55. The monoisotopic (exact) mass is 457 g/mol. The molecule has 10 nitrogen and oxygen atoms in total. The van der Waals surface area contributed by atoms with E-state index in [1.807, 2.05) is 6.92 Å². The van der Waals surface area contributed by atoms with Crippen LogP contribution in [-0.2, 0) is 14.4 Å². The molecule has 0 spiro atoms. The molecule has 1 aromatic heterocycles. The lowest BCUT2D eigenvalue weighted by Gasteiger charge is -2.28. The SMILES string of the molecule is Cc1cc(C(=O)NC(CC2(C)CC2)C(=O)NN(C[C@@H]2CCNC2=O)C(=O)C(F)Cl)no1. The summed E-state index contributed by atoms with van der Waals surface area (Å²) in [5.74, 6) is -2.99. The Bertz CT molecular complexity index is 872. The molecule has 3 atom stereocenters. The molecule has 3 N–H and O–H groups in total. The molecule has 1 saturated carbocycles. The van der Waals surface area contributed by atoms with Crippen LogP contribution in [0.4, 0.5) is 4.39 Å². The summed E-state index contributed by atoms with van der Waals surface area (Å²) < 4.78 is 18.4. The zero-order valence-corrected chi connectivity index (χ0v) is 18.0. The molecule has 2 aliphatic rings. The highest BCUT2D eigenvalue weighted by molar-refractivity contribution is 6.29. The van der Waals surface area contributed by atoms with E-state index in [1.165, 1.54) is 6.07 Å². The van der Waals surface area contributed by atoms with Crippen LogP contribution < -0.4 is 16.1 Å². The van der Waals surface area contributed by atoms with E-state index in [2.05, 4.69) is 21.2 Å². The van der Waals surface area contributed by atoms with Gasteiger partial charge in [0.2, 0.25) is 5.91 Å². The molecule has 2 fully saturated rings. The fourth-order valence-electron chi connectivity index (χ4n) is 3.38. The molecule has 31 heavy (non-hydrogen) atoms. The number of hydrogen-bond donors (Lipinski definition) is 3. The Hall–Kier alpha value is -2.69. The first-order valence-corrected chi connectivity index (χ1v) is 10.4. The van der Waals surface area contributed by atoms with Gasteiger partial charge in [0, 0.05) is 12.6 Å². The molecule has 1 aliphatic heterocycles. The molecule has 0 radical (unpaired) electrons. The average molecular weight is 458 g/mol. The highest BCUT2D eigenvalue weighted by Gasteiger charge is 2.42. The molecular formula is C19H25ClFN5O5. The van der Waals surface area contributed by atoms with Crippen molar-refractivity contribution in [2.45, 2.75) is 51.2 Å². The second-order valence-electron chi connectivity index (χ2n) is 8.37. The molecule has 170 valence electrons. The van der Waals surface area contributed by atoms with Gasteiger partial charge in [-0.15, -0.1) is 0 Å². The van der Waals surface area contributed by atoms with Crippen LogP contribution >= 0.6 is 11.6 Å². The van der Waals surface area contributed by atoms with Gasteiger partial charge >= 0.3 is 0 Å². The number of hydrogen-bond acceptors (Lipinski definition) is 6. The van der Waals surface area contributed by atoms with Crippen molar-refractivity contribution in [3.8, 4) is 0 Å². The van der Waals surface area contributed by atoms with E-state index in [0.29, 0.717) is 30.2 Å². The molecule has 0 aromatic carbocycles. The van der Waals surface area contributed by atoms with E-state index >= 15 is 0 Å². The van der Waals surface area contributed by atoms with E-state index in [9.17, 15) is 23.6 Å². The van der Waals surface area contributed by atoms with E-state index in [1.54, 1.807) is 6.92 Å². The summed E-state index contributed by atoms with van der Waals surface area (Å²) in [4.78, 5) is 49.5. The van der Waals surface area contributed by atoms with Gasteiger partial charge in [-0.2, -0.15) is 0 Å². The van der Waals surface area contributed by atoms with Crippen molar-refractivity contribution in [2.24, 2.45) is 11.3 Å². The highest BCUT2D eigenvalue weighted by atomic mass is 35.5. The lowest BCUT2D eigenvalue weighted by molar-refractivity contribution is -0.145. The van der Waals surface area contributed by atoms with E-state index in [-0.39, 0.29) is 23.6 Å². The summed E-state index contributed by atoms with van der Waals surface area (Å²) in [5, 5.41) is 9.56. The first kappa shape index (κ1) is 23.0. The second-order valence-corrected chi connectivity index (χ2v) is 8.75. The van der Waals surface area contributed by atoms with Crippen LogP contribution in [0.15, 0.2) is 10.6 Å². The minimum absolute atomic E-state index is 0.0105. The van der Waals surface area contributed by atoms with Gasteiger partial charge in [-0.3, -0.25) is 24.6 Å². The van der Waals surface area contributed by atoms with Gasteiger partial charge in [0.05, 0.1) is 12.5 Å². The predicted octanol–water partition coefficient (Wildman–Crippen LogP) is 0.802. The zero-order valence-electron chi connectivity index (χ0n) is 17.2. The standard InChI is InChI=1S/C19H25ClFN5O5/c1-10-7-12(25-31-10)16(28)23-13(8-19(2)4-5-19)17(29)24-26(18(30)14(20)21)9-11-3-6-22-15(11)27/h7,11,13-14H,3-6,8-9H2,1-2H3,(H,22,27)(H,23,28)(H,24,29)/t11-,13?,14?/m0/s1. The first-order chi connectivity index (χ1) is 14.6. The molecule has 4 amide bonds. The summed E-state index contributed by atoms with van der Waals surface area (Å²) in [7, 11) is 0. The number of nitrogens with one attached hydrogen (secondary N) is 3. The number of aryl methyl sites for hydroxylation is 1. The topological polar surface area (TPSA) is 134 Å². The van der Waals surface area contributed by atoms with Crippen molar-refractivity contribution < 1.29 is 28.1 Å². The normalized spacial score (nSPS) is 21.0. The summed E-state index contributed by atoms with van der Waals surface area (Å²) in [6.07, 6.45) is 2.51. The summed E-state index contributed by atoms with van der Waals surface area (Å²) in [5.41, 5.74) is -0.176. The number of alkyl halides is 2.